The number of hydrogen-bond donors (Lipinski definition) is 2. The number of amides is 2. The Balaban J connectivity index is 0.000000169. The lowest BCUT2D eigenvalue weighted by Gasteiger charge is -2.12. The molecule has 2 aromatic rings. The highest BCUT2D eigenvalue weighted by atomic mass is 17.0. The summed E-state index contributed by atoms with van der Waals surface area (Å²) in [6.45, 7) is 0. The molecule has 0 spiro atoms. The topological polar surface area (TPSA) is 101 Å². The molecule has 2 N–H and O–H groups in total. The van der Waals surface area contributed by atoms with E-state index in [0.29, 0.717) is 0 Å². The number of hydrogen-bond acceptors (Lipinski definition) is 5. The second-order valence-corrected chi connectivity index (χ2v) is 6.11. The first-order chi connectivity index (χ1) is 13.4. The van der Waals surface area contributed by atoms with Crippen LogP contribution in [0.3, 0.4) is 0 Å². The molecular weight excluding hydrogens is 362 g/mol. The quantitative estimate of drug-likeness (QED) is 0.440. The summed E-state index contributed by atoms with van der Waals surface area (Å²) in [5.74, 6) is -1.94. The van der Waals surface area contributed by atoms with E-state index in [9.17, 15) is 14.4 Å². The Kier molecular flexibility index (Phi) is 5.49. The van der Waals surface area contributed by atoms with Crippen molar-refractivity contribution in [3.8, 4) is 11.1 Å². The minimum atomic E-state index is -2.07. The molecule has 0 bridgehead atoms. The summed E-state index contributed by atoms with van der Waals surface area (Å²) in [6, 6.07) is 17.0. The van der Waals surface area contributed by atoms with Crippen molar-refractivity contribution in [3.05, 3.63) is 71.8 Å². The first kappa shape index (κ1) is 19.2. The lowest BCUT2D eigenvalue weighted by molar-refractivity contribution is -1.12. The number of benzene rings is 2. The first-order valence-corrected chi connectivity index (χ1v) is 8.56. The van der Waals surface area contributed by atoms with Crippen LogP contribution in [0.15, 0.2) is 60.7 Å². The van der Waals surface area contributed by atoms with E-state index in [4.69, 9.17) is 10.3 Å². The Morgan fingerprint density at radius 2 is 1.25 bits per heavy atom. The molecule has 1 fully saturated rings. The van der Waals surface area contributed by atoms with E-state index in [-0.39, 0.29) is 12.8 Å². The summed E-state index contributed by atoms with van der Waals surface area (Å²) in [5, 5.41) is 17.1. The van der Waals surface area contributed by atoms with E-state index in [1.165, 1.54) is 22.3 Å². The molecule has 7 nitrogen and oxygen atoms in total. The highest BCUT2D eigenvalue weighted by Crippen LogP contribution is 2.30. The molecule has 1 heterocycles. The standard InChI is InChI=1S/C16H12.C5H5NO6/c1-2-8-14-10-4-6-12-16(14)15-11-5-3-9-13(15)7-1;7-3-1-2-4(8)6(3,11)12-5(9)10/h1-12H;11H,1-2H2/p+1/b2-1?,7-1-,8-2-,13-7?,14-8?,16-15?;. The fourth-order valence-electron chi connectivity index (χ4n) is 2.96. The van der Waals surface area contributed by atoms with Gasteiger partial charge in [0.2, 0.25) is 0 Å². The third-order valence-electron chi connectivity index (χ3n) is 4.31. The Labute approximate surface area is 160 Å². The van der Waals surface area contributed by atoms with Crippen LogP contribution < -0.4 is 0 Å². The number of rotatable bonds is 1. The lowest BCUT2D eigenvalue weighted by Crippen LogP contribution is -2.50. The van der Waals surface area contributed by atoms with Crippen molar-refractivity contribution < 1.29 is 34.3 Å². The maximum atomic E-state index is 10.8. The Bertz CT molecular complexity index is 922. The number of nitrogens with zero attached hydrogens (tertiary/aromatic N) is 1. The van der Waals surface area contributed by atoms with Crippen LogP contribution in [-0.4, -0.2) is 33.1 Å². The summed E-state index contributed by atoms with van der Waals surface area (Å²) in [5.41, 5.74) is 5.16. The number of hydroxylamine groups is 4. The summed E-state index contributed by atoms with van der Waals surface area (Å²) >= 11 is 0. The van der Waals surface area contributed by atoms with Crippen LogP contribution in [-0.2, 0) is 14.4 Å². The number of carbonyl (C=O) groups excluding carboxylic acids is 2. The molecule has 7 heteroatoms. The van der Waals surface area contributed by atoms with E-state index in [1.807, 2.05) is 0 Å². The van der Waals surface area contributed by atoms with Gasteiger partial charge in [-0.05, 0) is 22.3 Å². The molecule has 1 aliphatic heterocycles. The van der Waals surface area contributed by atoms with Crippen molar-refractivity contribution in [1.82, 2.24) is 0 Å². The fourth-order valence-corrected chi connectivity index (χ4v) is 2.96. The van der Waals surface area contributed by atoms with Gasteiger partial charge < -0.3 is 5.11 Å². The zero-order valence-corrected chi connectivity index (χ0v) is 14.8. The second-order valence-electron chi connectivity index (χ2n) is 6.11. The number of carboxylic acid groups (broad SMARTS) is 1. The molecule has 2 aromatic carbocycles. The minimum absolute atomic E-state index is 0.206. The van der Waals surface area contributed by atoms with Gasteiger partial charge in [-0.15, -0.1) is 0 Å². The molecule has 4 rings (SSSR count). The van der Waals surface area contributed by atoms with E-state index >= 15 is 0 Å². The molecule has 142 valence electrons. The van der Waals surface area contributed by atoms with Gasteiger partial charge in [0.1, 0.15) is 4.81 Å². The number of imide groups is 1. The van der Waals surface area contributed by atoms with Gasteiger partial charge in [0.25, 0.3) is 0 Å². The largest absolute Gasteiger partial charge is 0.561 e. The predicted octanol–water partition coefficient (Wildman–Crippen LogP) is 4.04. The van der Waals surface area contributed by atoms with E-state index in [2.05, 4.69) is 77.7 Å². The highest BCUT2D eigenvalue weighted by molar-refractivity contribution is 5.90. The SMILES string of the molecule is C1=C\c2ccccc2-c2ccccc2\C=C/1.O=C(O)O[N+]1(O)C(=O)CCC1=O. The summed E-state index contributed by atoms with van der Waals surface area (Å²) in [6.07, 6.45) is 6.21. The minimum Gasteiger partial charge on any atom is -0.446 e. The van der Waals surface area contributed by atoms with Crippen LogP contribution in [0.2, 0.25) is 0 Å². The average molecular weight is 380 g/mol. The van der Waals surface area contributed by atoms with Gasteiger partial charge in [0.05, 0.1) is 12.8 Å². The van der Waals surface area contributed by atoms with Crippen molar-refractivity contribution in [2.24, 2.45) is 0 Å². The molecule has 2 aliphatic rings. The number of quaternary nitrogens is 1. The summed E-state index contributed by atoms with van der Waals surface area (Å²) in [4.78, 5) is 33.1. The zero-order valence-electron chi connectivity index (χ0n) is 14.8. The first-order valence-electron chi connectivity index (χ1n) is 8.56. The molecule has 0 atom stereocenters. The fraction of sp³-hybridized carbons (Fsp3) is 0.0952. The van der Waals surface area contributed by atoms with E-state index in [1.54, 1.807) is 0 Å². The molecule has 0 radical (unpaired) electrons. The maximum Gasteiger partial charge on any atom is 0.561 e. The Morgan fingerprint density at radius 3 is 1.68 bits per heavy atom. The predicted molar refractivity (Wildman–Crippen MR) is 100 cm³/mol. The van der Waals surface area contributed by atoms with Crippen molar-refractivity contribution in [2.45, 2.75) is 12.8 Å². The van der Waals surface area contributed by atoms with Gasteiger partial charge in [-0.1, -0.05) is 72.8 Å². The number of carbonyl (C=O) groups is 3. The van der Waals surface area contributed by atoms with Crippen LogP contribution in [0, 0.1) is 0 Å². The van der Waals surface area contributed by atoms with Crippen LogP contribution >= 0.6 is 0 Å². The van der Waals surface area contributed by atoms with Gasteiger partial charge in [-0.25, -0.2) is 9.59 Å². The van der Waals surface area contributed by atoms with Crippen molar-refractivity contribution in [2.75, 3.05) is 0 Å². The van der Waals surface area contributed by atoms with E-state index in [0.717, 1.165) is 0 Å². The molecule has 0 unspecified atom stereocenters. The van der Waals surface area contributed by atoms with Gasteiger partial charge in [0, 0.05) is 0 Å². The maximum absolute atomic E-state index is 10.8. The Hall–Kier alpha value is -3.55. The highest BCUT2D eigenvalue weighted by Gasteiger charge is 2.55. The zero-order chi connectivity index (χ0) is 20.1. The third-order valence-corrected chi connectivity index (χ3v) is 4.31. The lowest BCUT2D eigenvalue weighted by atomic mass is 9.93. The monoisotopic (exact) mass is 380 g/mol. The number of allylic oxidation sites excluding steroid dienone is 2. The van der Waals surface area contributed by atoms with Gasteiger partial charge >= 0.3 is 18.0 Å². The normalized spacial score (nSPS) is 18.5. The smallest absolute Gasteiger partial charge is 0.446 e. The summed E-state index contributed by atoms with van der Waals surface area (Å²) in [7, 11) is 0. The van der Waals surface area contributed by atoms with Gasteiger partial charge in [-0.3, -0.25) is 0 Å². The average Bonchev–Trinajstić information content (AvgIpc) is 2.91. The molecule has 0 saturated carbocycles. The van der Waals surface area contributed by atoms with Crippen LogP contribution in [0.5, 0.6) is 0 Å². The molecule has 1 aliphatic carbocycles. The third kappa shape index (κ3) is 3.90. The molecule has 0 aromatic heterocycles. The summed E-state index contributed by atoms with van der Waals surface area (Å²) < 4.78 is 0. The van der Waals surface area contributed by atoms with Crippen molar-refractivity contribution in [1.29, 1.82) is 0 Å². The van der Waals surface area contributed by atoms with Crippen molar-refractivity contribution >= 4 is 30.1 Å². The van der Waals surface area contributed by atoms with Gasteiger partial charge in [0.15, 0.2) is 0 Å². The molecule has 28 heavy (non-hydrogen) atoms. The Morgan fingerprint density at radius 1 is 0.821 bits per heavy atom. The van der Waals surface area contributed by atoms with Crippen LogP contribution in [0.25, 0.3) is 23.3 Å². The molecular formula is C21H18NO6+. The molecule has 2 amide bonds. The van der Waals surface area contributed by atoms with Crippen molar-refractivity contribution in [3.63, 3.8) is 0 Å². The van der Waals surface area contributed by atoms with E-state index < -0.39 is 22.8 Å². The van der Waals surface area contributed by atoms with Crippen LogP contribution in [0.4, 0.5) is 4.79 Å². The second kappa shape index (κ2) is 7.99. The number of fused-ring (bicyclic) bond motifs is 3. The van der Waals surface area contributed by atoms with Gasteiger partial charge in [-0.2, -0.15) is 14.8 Å². The van der Waals surface area contributed by atoms with Crippen LogP contribution in [0.1, 0.15) is 24.0 Å². The molecule has 1 saturated heterocycles.